The Kier molecular flexibility index (Phi) is 5.31. The molecule has 0 unspecified atom stereocenters. The third-order valence-corrected chi connectivity index (χ3v) is 7.00. The Morgan fingerprint density at radius 2 is 1.93 bits per heavy atom. The van der Waals surface area contributed by atoms with Gasteiger partial charge in [-0.3, -0.25) is 4.79 Å². The number of pyridine rings is 1. The van der Waals surface area contributed by atoms with Crippen molar-refractivity contribution < 1.29 is 4.39 Å². The van der Waals surface area contributed by atoms with Gasteiger partial charge in [0.05, 0.1) is 21.3 Å². The van der Waals surface area contributed by atoms with E-state index >= 15 is 0 Å². The van der Waals surface area contributed by atoms with E-state index in [9.17, 15) is 9.18 Å². The topological polar surface area (TPSA) is 38.1 Å². The highest BCUT2D eigenvalue weighted by Crippen LogP contribution is 2.31. The maximum atomic E-state index is 14.0. The van der Waals surface area contributed by atoms with Crippen LogP contribution in [0.25, 0.3) is 31.7 Å². The number of thiazole rings is 1. The van der Waals surface area contributed by atoms with Crippen molar-refractivity contribution in [2.75, 3.05) is 19.6 Å². The van der Waals surface area contributed by atoms with E-state index in [1.54, 1.807) is 6.07 Å². The van der Waals surface area contributed by atoms with E-state index in [1.165, 1.54) is 36.3 Å². The summed E-state index contributed by atoms with van der Waals surface area (Å²) in [5.41, 5.74) is 1.84. The summed E-state index contributed by atoms with van der Waals surface area (Å²) >= 11 is 7.57. The fraction of sp³-hybridized carbons (Fsp3) is 0.304. The number of benzene rings is 2. The number of likely N-dealkylation sites (tertiary alicyclic amines) is 1. The van der Waals surface area contributed by atoms with E-state index in [4.69, 9.17) is 11.6 Å². The third kappa shape index (κ3) is 3.75. The number of rotatable bonds is 5. The molecule has 0 radical (unpaired) electrons. The molecule has 154 valence electrons. The first-order valence-corrected chi connectivity index (χ1v) is 11.4. The maximum Gasteiger partial charge on any atom is 0.199 e. The van der Waals surface area contributed by atoms with E-state index in [0.717, 1.165) is 42.8 Å². The first-order chi connectivity index (χ1) is 14.6. The Labute approximate surface area is 182 Å². The van der Waals surface area contributed by atoms with Gasteiger partial charge in [0.25, 0.3) is 0 Å². The fourth-order valence-corrected chi connectivity index (χ4v) is 5.31. The maximum absolute atomic E-state index is 14.0. The summed E-state index contributed by atoms with van der Waals surface area (Å²) in [6.07, 6.45) is 5.31. The first-order valence-electron chi connectivity index (χ1n) is 10.2. The SMILES string of the molecule is O=c1c(-c2nc3cc(Cl)ccc3s2)cn(CCCN2CCCC2)c2cc(F)ccc12. The van der Waals surface area contributed by atoms with Crippen LogP contribution in [0.5, 0.6) is 0 Å². The molecule has 0 spiro atoms. The fourth-order valence-electron chi connectivity index (χ4n) is 4.19. The highest BCUT2D eigenvalue weighted by Gasteiger charge is 2.16. The number of halogens is 2. The van der Waals surface area contributed by atoms with Gasteiger partial charge < -0.3 is 9.47 Å². The zero-order valence-electron chi connectivity index (χ0n) is 16.4. The molecule has 0 bridgehead atoms. The van der Waals surface area contributed by atoms with Crippen molar-refractivity contribution >= 4 is 44.1 Å². The van der Waals surface area contributed by atoms with Crippen LogP contribution < -0.4 is 5.43 Å². The summed E-state index contributed by atoms with van der Waals surface area (Å²) in [7, 11) is 0. The molecule has 0 saturated carbocycles. The molecule has 4 nitrogen and oxygen atoms in total. The number of aromatic nitrogens is 2. The lowest BCUT2D eigenvalue weighted by atomic mass is 10.1. The molecule has 1 aliphatic heterocycles. The van der Waals surface area contributed by atoms with Crippen LogP contribution in [0.15, 0.2) is 47.4 Å². The minimum atomic E-state index is -0.336. The average Bonchev–Trinajstić information content (AvgIpc) is 3.39. The number of hydrogen-bond acceptors (Lipinski definition) is 4. The van der Waals surface area contributed by atoms with Gasteiger partial charge >= 0.3 is 0 Å². The summed E-state index contributed by atoms with van der Waals surface area (Å²) in [6, 6.07) is 9.93. The quantitative estimate of drug-likeness (QED) is 0.407. The van der Waals surface area contributed by atoms with Crippen molar-refractivity contribution in [3.05, 3.63) is 63.7 Å². The zero-order valence-corrected chi connectivity index (χ0v) is 18.0. The lowest BCUT2D eigenvalue weighted by Gasteiger charge is -2.17. The van der Waals surface area contributed by atoms with Gasteiger partial charge in [-0.15, -0.1) is 11.3 Å². The second kappa shape index (κ2) is 8.10. The van der Waals surface area contributed by atoms with Crippen LogP contribution in [0.4, 0.5) is 4.39 Å². The van der Waals surface area contributed by atoms with E-state index in [2.05, 4.69) is 9.88 Å². The van der Waals surface area contributed by atoms with Crippen LogP contribution in [-0.2, 0) is 6.54 Å². The smallest absolute Gasteiger partial charge is 0.199 e. The van der Waals surface area contributed by atoms with Crippen molar-refractivity contribution in [1.82, 2.24) is 14.5 Å². The van der Waals surface area contributed by atoms with Crippen molar-refractivity contribution in [3.8, 4) is 10.6 Å². The second-order valence-corrected chi connectivity index (χ2v) is 9.23. The van der Waals surface area contributed by atoms with Crippen LogP contribution in [-0.4, -0.2) is 34.1 Å². The van der Waals surface area contributed by atoms with E-state index in [1.807, 2.05) is 29.0 Å². The molecule has 4 aromatic rings. The molecule has 30 heavy (non-hydrogen) atoms. The van der Waals surface area contributed by atoms with E-state index in [-0.39, 0.29) is 11.2 Å². The molecule has 1 saturated heterocycles. The molecule has 5 rings (SSSR count). The van der Waals surface area contributed by atoms with Crippen LogP contribution >= 0.6 is 22.9 Å². The van der Waals surface area contributed by atoms with Crippen LogP contribution in [0.1, 0.15) is 19.3 Å². The van der Waals surface area contributed by atoms with Gasteiger partial charge in [-0.1, -0.05) is 11.6 Å². The summed E-state index contributed by atoms with van der Waals surface area (Å²) in [6.45, 7) is 4.04. The predicted molar refractivity (Wildman–Crippen MR) is 122 cm³/mol. The Balaban J connectivity index is 1.57. The number of aryl methyl sites for hydroxylation is 1. The van der Waals surface area contributed by atoms with Gasteiger partial charge in [-0.2, -0.15) is 0 Å². The van der Waals surface area contributed by atoms with Gasteiger partial charge in [0.2, 0.25) is 0 Å². The average molecular weight is 442 g/mol. The third-order valence-electron chi connectivity index (χ3n) is 5.70. The molecule has 0 amide bonds. The minimum absolute atomic E-state index is 0.119. The molecule has 2 aromatic heterocycles. The van der Waals surface area contributed by atoms with E-state index < -0.39 is 0 Å². The molecule has 1 aliphatic rings. The van der Waals surface area contributed by atoms with Gasteiger partial charge in [0.1, 0.15) is 10.8 Å². The Morgan fingerprint density at radius 3 is 2.77 bits per heavy atom. The molecular formula is C23H21ClFN3OS. The normalized spacial score (nSPS) is 14.9. The lowest BCUT2D eigenvalue weighted by molar-refractivity contribution is 0.326. The van der Waals surface area contributed by atoms with Gasteiger partial charge in [-0.05, 0) is 75.3 Å². The highest BCUT2D eigenvalue weighted by molar-refractivity contribution is 7.21. The molecule has 0 atom stereocenters. The number of nitrogens with zero attached hydrogens (tertiary/aromatic N) is 3. The minimum Gasteiger partial charge on any atom is -0.346 e. The summed E-state index contributed by atoms with van der Waals surface area (Å²) in [5.74, 6) is -0.336. The lowest BCUT2D eigenvalue weighted by Crippen LogP contribution is -2.22. The van der Waals surface area contributed by atoms with Crippen LogP contribution in [0.3, 0.4) is 0 Å². The van der Waals surface area contributed by atoms with Crippen molar-refractivity contribution in [3.63, 3.8) is 0 Å². The van der Waals surface area contributed by atoms with Crippen LogP contribution in [0, 0.1) is 5.82 Å². The standard InChI is InChI=1S/C23H21ClFN3OS/c24-15-4-7-21-19(12-15)26-23(30-21)18-14-28(11-3-10-27-8-1-2-9-27)20-13-16(25)5-6-17(20)22(18)29/h4-7,12-14H,1-3,8-11H2. The predicted octanol–water partition coefficient (Wildman–Crippen LogP) is 5.56. The zero-order chi connectivity index (χ0) is 20.7. The number of hydrogen-bond donors (Lipinski definition) is 0. The molecule has 0 N–H and O–H groups in total. The Bertz CT molecular complexity index is 1290. The summed E-state index contributed by atoms with van der Waals surface area (Å²) < 4.78 is 17.0. The van der Waals surface area contributed by atoms with Crippen LogP contribution in [0.2, 0.25) is 5.02 Å². The summed E-state index contributed by atoms with van der Waals surface area (Å²) in [4.78, 5) is 20.3. The van der Waals surface area contributed by atoms with Gasteiger partial charge in [-0.25, -0.2) is 9.37 Å². The Hall–Kier alpha value is -2.28. The van der Waals surface area contributed by atoms with Gasteiger partial charge in [0, 0.05) is 23.2 Å². The first kappa shape index (κ1) is 19.7. The molecule has 2 aromatic carbocycles. The van der Waals surface area contributed by atoms with Crippen molar-refractivity contribution in [2.24, 2.45) is 0 Å². The number of fused-ring (bicyclic) bond motifs is 2. The monoisotopic (exact) mass is 441 g/mol. The Morgan fingerprint density at radius 1 is 1.10 bits per heavy atom. The molecule has 3 heterocycles. The van der Waals surface area contributed by atoms with Crippen molar-refractivity contribution in [2.45, 2.75) is 25.8 Å². The molecule has 7 heteroatoms. The molecule has 1 fully saturated rings. The highest BCUT2D eigenvalue weighted by atomic mass is 35.5. The molecular weight excluding hydrogens is 421 g/mol. The molecule has 0 aliphatic carbocycles. The van der Waals surface area contributed by atoms with Crippen molar-refractivity contribution in [1.29, 1.82) is 0 Å². The summed E-state index contributed by atoms with van der Waals surface area (Å²) in [5, 5.41) is 1.80. The van der Waals surface area contributed by atoms with E-state index in [0.29, 0.717) is 26.5 Å². The van der Waals surface area contributed by atoms with Gasteiger partial charge in [0.15, 0.2) is 5.43 Å². The largest absolute Gasteiger partial charge is 0.346 e. The second-order valence-electron chi connectivity index (χ2n) is 7.76.